The third-order valence-electron chi connectivity index (χ3n) is 2.69. The summed E-state index contributed by atoms with van der Waals surface area (Å²) < 4.78 is 4.98. The molecule has 3 N–H and O–H groups in total. The van der Waals surface area contributed by atoms with Crippen LogP contribution < -0.4 is 5.73 Å². The fourth-order valence-corrected chi connectivity index (χ4v) is 1.83. The minimum atomic E-state index is -0.544. The van der Waals surface area contributed by atoms with Crippen LogP contribution in [0.2, 0.25) is 0 Å². The van der Waals surface area contributed by atoms with Gasteiger partial charge in [-0.1, -0.05) is 18.0 Å². The standard InChI is InChI=1S/C9H15N3O2/c10-7(5-13)9-11-8(12-14-9)6-3-1-2-4-6/h6-7,13H,1-5,10H2/t7-/m0/s1. The number of nitrogens with zero attached hydrogens (tertiary/aromatic N) is 2. The van der Waals surface area contributed by atoms with Gasteiger partial charge in [-0.15, -0.1) is 0 Å². The van der Waals surface area contributed by atoms with Crippen molar-refractivity contribution in [2.45, 2.75) is 37.6 Å². The van der Waals surface area contributed by atoms with Gasteiger partial charge in [-0.2, -0.15) is 4.98 Å². The third kappa shape index (κ3) is 1.78. The van der Waals surface area contributed by atoms with Crippen molar-refractivity contribution >= 4 is 0 Å². The predicted octanol–water partition coefficient (Wildman–Crippen LogP) is 0.719. The first kappa shape index (κ1) is 9.61. The highest BCUT2D eigenvalue weighted by Crippen LogP contribution is 2.32. The van der Waals surface area contributed by atoms with E-state index in [4.69, 9.17) is 15.4 Å². The van der Waals surface area contributed by atoms with Gasteiger partial charge in [0.15, 0.2) is 5.82 Å². The Hall–Kier alpha value is -0.940. The maximum absolute atomic E-state index is 8.81. The van der Waals surface area contributed by atoms with E-state index < -0.39 is 6.04 Å². The Labute approximate surface area is 82.3 Å². The molecule has 1 aliphatic carbocycles. The third-order valence-corrected chi connectivity index (χ3v) is 2.69. The molecule has 0 aliphatic heterocycles. The van der Waals surface area contributed by atoms with Gasteiger partial charge in [-0.25, -0.2) is 0 Å². The first-order valence-electron chi connectivity index (χ1n) is 5.01. The van der Waals surface area contributed by atoms with E-state index in [1.807, 2.05) is 0 Å². The van der Waals surface area contributed by atoms with E-state index in [0.29, 0.717) is 11.8 Å². The van der Waals surface area contributed by atoms with E-state index in [-0.39, 0.29) is 6.61 Å². The molecule has 5 nitrogen and oxygen atoms in total. The molecule has 5 heteroatoms. The minimum absolute atomic E-state index is 0.160. The average molecular weight is 197 g/mol. The largest absolute Gasteiger partial charge is 0.394 e. The van der Waals surface area contributed by atoms with Crippen LogP contribution in [0.5, 0.6) is 0 Å². The molecule has 0 amide bonds. The summed E-state index contributed by atoms with van der Waals surface area (Å²) in [6.07, 6.45) is 4.74. The van der Waals surface area contributed by atoms with Gasteiger partial charge in [-0.3, -0.25) is 0 Å². The van der Waals surface area contributed by atoms with Gasteiger partial charge in [0.1, 0.15) is 6.04 Å². The van der Waals surface area contributed by atoms with E-state index in [1.165, 1.54) is 12.8 Å². The molecule has 1 aliphatic rings. The highest BCUT2D eigenvalue weighted by atomic mass is 16.5. The summed E-state index contributed by atoms with van der Waals surface area (Å²) in [6.45, 7) is -0.160. The van der Waals surface area contributed by atoms with Crippen LogP contribution in [0, 0.1) is 0 Å². The monoisotopic (exact) mass is 197 g/mol. The zero-order valence-corrected chi connectivity index (χ0v) is 8.02. The summed E-state index contributed by atoms with van der Waals surface area (Å²) in [5, 5.41) is 12.7. The Morgan fingerprint density at radius 2 is 2.21 bits per heavy atom. The molecule has 1 heterocycles. The lowest BCUT2D eigenvalue weighted by molar-refractivity contribution is 0.236. The molecular weight excluding hydrogens is 182 g/mol. The molecule has 78 valence electrons. The van der Waals surface area contributed by atoms with Crippen LogP contribution in [0.15, 0.2) is 4.52 Å². The average Bonchev–Trinajstić information content (AvgIpc) is 2.86. The number of aromatic nitrogens is 2. The van der Waals surface area contributed by atoms with E-state index in [2.05, 4.69) is 10.1 Å². The first-order valence-corrected chi connectivity index (χ1v) is 5.01. The van der Waals surface area contributed by atoms with Crippen molar-refractivity contribution < 1.29 is 9.63 Å². The van der Waals surface area contributed by atoms with Crippen LogP contribution >= 0.6 is 0 Å². The lowest BCUT2D eigenvalue weighted by atomic mass is 10.1. The van der Waals surface area contributed by atoms with E-state index >= 15 is 0 Å². The lowest BCUT2D eigenvalue weighted by Gasteiger charge is -2.01. The maximum atomic E-state index is 8.81. The van der Waals surface area contributed by atoms with Crippen molar-refractivity contribution in [2.24, 2.45) is 5.73 Å². The van der Waals surface area contributed by atoms with Crippen molar-refractivity contribution in [3.8, 4) is 0 Å². The van der Waals surface area contributed by atoms with Crippen molar-refractivity contribution in [1.29, 1.82) is 0 Å². The van der Waals surface area contributed by atoms with Gasteiger partial charge in [0, 0.05) is 5.92 Å². The van der Waals surface area contributed by atoms with Crippen LogP contribution in [-0.2, 0) is 0 Å². The summed E-state index contributed by atoms with van der Waals surface area (Å²) >= 11 is 0. The molecule has 0 bridgehead atoms. The molecule has 0 spiro atoms. The second-order valence-electron chi connectivity index (χ2n) is 3.76. The van der Waals surface area contributed by atoms with E-state index in [1.54, 1.807) is 0 Å². The quantitative estimate of drug-likeness (QED) is 0.745. The van der Waals surface area contributed by atoms with Crippen molar-refractivity contribution in [3.63, 3.8) is 0 Å². The number of aliphatic hydroxyl groups excluding tert-OH is 1. The fourth-order valence-electron chi connectivity index (χ4n) is 1.83. The molecule has 1 fully saturated rings. The molecule has 14 heavy (non-hydrogen) atoms. The van der Waals surface area contributed by atoms with Gasteiger partial charge in [0.05, 0.1) is 6.61 Å². The normalized spacial score (nSPS) is 20.1. The molecule has 1 atom stereocenters. The molecule has 0 radical (unpaired) electrons. The van der Waals surface area contributed by atoms with Gasteiger partial charge < -0.3 is 15.4 Å². The molecule has 0 aromatic carbocycles. The molecule has 1 saturated carbocycles. The second kappa shape index (κ2) is 4.06. The zero-order chi connectivity index (χ0) is 9.97. The van der Waals surface area contributed by atoms with E-state index in [9.17, 15) is 0 Å². The number of hydrogen-bond acceptors (Lipinski definition) is 5. The lowest BCUT2D eigenvalue weighted by Crippen LogP contribution is -2.14. The predicted molar refractivity (Wildman–Crippen MR) is 49.5 cm³/mol. The first-order chi connectivity index (χ1) is 6.81. The smallest absolute Gasteiger partial charge is 0.245 e. The fraction of sp³-hybridized carbons (Fsp3) is 0.778. The Morgan fingerprint density at radius 3 is 2.86 bits per heavy atom. The topological polar surface area (TPSA) is 85.2 Å². The molecule has 1 aromatic heterocycles. The van der Waals surface area contributed by atoms with Crippen molar-refractivity contribution in [1.82, 2.24) is 10.1 Å². The van der Waals surface area contributed by atoms with Crippen LogP contribution in [0.4, 0.5) is 0 Å². The van der Waals surface area contributed by atoms with Gasteiger partial charge in [0.2, 0.25) is 5.89 Å². The molecule has 0 unspecified atom stereocenters. The van der Waals surface area contributed by atoms with Crippen LogP contribution in [0.25, 0.3) is 0 Å². The summed E-state index contributed by atoms with van der Waals surface area (Å²) in [5.41, 5.74) is 5.56. The minimum Gasteiger partial charge on any atom is -0.394 e. The summed E-state index contributed by atoms with van der Waals surface area (Å²) in [4.78, 5) is 4.20. The summed E-state index contributed by atoms with van der Waals surface area (Å²) in [7, 11) is 0. The number of nitrogens with two attached hydrogens (primary N) is 1. The molecular formula is C9H15N3O2. The van der Waals surface area contributed by atoms with Crippen LogP contribution in [0.3, 0.4) is 0 Å². The van der Waals surface area contributed by atoms with E-state index in [0.717, 1.165) is 18.7 Å². The van der Waals surface area contributed by atoms with Crippen LogP contribution in [0.1, 0.15) is 49.4 Å². The second-order valence-corrected chi connectivity index (χ2v) is 3.76. The van der Waals surface area contributed by atoms with Crippen molar-refractivity contribution in [3.05, 3.63) is 11.7 Å². The molecule has 2 rings (SSSR count). The number of rotatable bonds is 3. The number of aliphatic hydroxyl groups is 1. The van der Waals surface area contributed by atoms with Crippen LogP contribution in [-0.4, -0.2) is 21.9 Å². The molecule has 1 aromatic rings. The Kier molecular flexibility index (Phi) is 2.79. The van der Waals surface area contributed by atoms with Gasteiger partial charge in [-0.05, 0) is 12.8 Å². The Morgan fingerprint density at radius 1 is 1.50 bits per heavy atom. The molecule has 0 saturated heterocycles. The van der Waals surface area contributed by atoms with Gasteiger partial charge >= 0.3 is 0 Å². The zero-order valence-electron chi connectivity index (χ0n) is 8.02. The maximum Gasteiger partial charge on any atom is 0.245 e. The highest BCUT2D eigenvalue weighted by molar-refractivity contribution is 4.99. The van der Waals surface area contributed by atoms with Gasteiger partial charge in [0.25, 0.3) is 0 Å². The van der Waals surface area contributed by atoms with Crippen molar-refractivity contribution in [2.75, 3.05) is 6.61 Å². The SMILES string of the molecule is N[C@@H](CO)c1nc(C2CCCC2)no1. The highest BCUT2D eigenvalue weighted by Gasteiger charge is 2.23. The Bertz CT molecular complexity index is 294. The Balaban J connectivity index is 2.08. The number of hydrogen-bond donors (Lipinski definition) is 2. The summed E-state index contributed by atoms with van der Waals surface area (Å²) in [6, 6.07) is -0.544. The summed E-state index contributed by atoms with van der Waals surface area (Å²) in [5.74, 6) is 1.52.